The van der Waals surface area contributed by atoms with Crippen LogP contribution in [0.25, 0.3) is 0 Å². The number of rotatable bonds is 6. The summed E-state index contributed by atoms with van der Waals surface area (Å²) in [5.74, 6) is 0.369. The van der Waals surface area contributed by atoms with E-state index in [2.05, 4.69) is 10.5 Å². The van der Waals surface area contributed by atoms with E-state index >= 15 is 0 Å². The fourth-order valence-electron chi connectivity index (χ4n) is 1.94. The van der Waals surface area contributed by atoms with Crippen LogP contribution in [0.2, 0.25) is 0 Å². The molecule has 0 aliphatic rings. The Morgan fingerprint density at radius 1 is 1.39 bits per heavy atom. The number of nitrogens with one attached hydrogen (secondary N) is 1. The lowest BCUT2D eigenvalue weighted by Gasteiger charge is -2.12. The van der Waals surface area contributed by atoms with Crippen molar-refractivity contribution in [3.63, 3.8) is 0 Å². The number of hydrogen-bond acceptors (Lipinski definition) is 6. The van der Waals surface area contributed by atoms with E-state index in [4.69, 9.17) is 9.26 Å². The number of sulfone groups is 1. The molecule has 1 aromatic heterocycles. The first kappa shape index (κ1) is 17.0. The molecule has 0 aliphatic carbocycles. The third-order valence-corrected chi connectivity index (χ3v) is 5.32. The SMILES string of the molecule is COc1cccc(CS(=O)(=O)[C@H](C)C(=O)Nc2cc(C)on2)c1. The molecule has 1 heterocycles. The molecule has 2 rings (SSSR count). The summed E-state index contributed by atoms with van der Waals surface area (Å²) >= 11 is 0. The second kappa shape index (κ2) is 6.82. The Hall–Kier alpha value is -2.35. The topological polar surface area (TPSA) is 98.5 Å². The van der Waals surface area contributed by atoms with Crippen LogP contribution in [-0.4, -0.2) is 31.8 Å². The van der Waals surface area contributed by atoms with E-state index in [-0.39, 0.29) is 11.6 Å². The fraction of sp³-hybridized carbons (Fsp3) is 0.333. The normalized spacial score (nSPS) is 12.7. The van der Waals surface area contributed by atoms with Crippen LogP contribution in [0.4, 0.5) is 5.82 Å². The molecule has 1 amide bonds. The standard InChI is InChI=1S/C15H18N2O5S/c1-10-7-14(17-22-10)16-15(18)11(2)23(19,20)9-12-5-4-6-13(8-12)21-3/h4-8,11H,9H2,1-3H3,(H,16,17,18)/t11-/m1/s1. The van der Waals surface area contributed by atoms with Gasteiger partial charge in [-0.05, 0) is 31.5 Å². The minimum Gasteiger partial charge on any atom is -0.497 e. The van der Waals surface area contributed by atoms with Crippen LogP contribution in [0, 0.1) is 6.92 Å². The molecular formula is C15H18N2O5S. The molecule has 0 saturated heterocycles. The molecular weight excluding hydrogens is 320 g/mol. The third kappa shape index (κ3) is 4.32. The smallest absolute Gasteiger partial charge is 0.243 e. The molecule has 8 heteroatoms. The highest BCUT2D eigenvalue weighted by molar-refractivity contribution is 7.92. The highest BCUT2D eigenvalue weighted by atomic mass is 32.2. The number of aromatic nitrogens is 1. The number of carbonyl (C=O) groups excluding carboxylic acids is 1. The molecule has 0 saturated carbocycles. The molecule has 0 bridgehead atoms. The Balaban J connectivity index is 2.09. The number of carbonyl (C=O) groups is 1. The summed E-state index contributed by atoms with van der Waals surface area (Å²) in [4.78, 5) is 12.1. The third-order valence-electron chi connectivity index (χ3n) is 3.29. The van der Waals surface area contributed by atoms with E-state index < -0.39 is 21.0 Å². The Morgan fingerprint density at radius 2 is 2.13 bits per heavy atom. The van der Waals surface area contributed by atoms with E-state index in [1.54, 1.807) is 31.2 Å². The number of benzene rings is 1. The lowest BCUT2D eigenvalue weighted by atomic mass is 10.2. The van der Waals surface area contributed by atoms with Gasteiger partial charge in [0.1, 0.15) is 16.8 Å². The molecule has 0 radical (unpaired) electrons. The number of anilines is 1. The molecule has 0 fully saturated rings. The van der Waals surface area contributed by atoms with Gasteiger partial charge in [0.25, 0.3) is 0 Å². The van der Waals surface area contributed by atoms with E-state index in [1.807, 2.05) is 0 Å². The maximum atomic E-state index is 12.4. The van der Waals surface area contributed by atoms with Gasteiger partial charge >= 0.3 is 0 Å². The van der Waals surface area contributed by atoms with Gasteiger partial charge in [0.15, 0.2) is 15.7 Å². The minimum absolute atomic E-state index is 0.191. The van der Waals surface area contributed by atoms with Gasteiger partial charge in [0.05, 0.1) is 12.9 Å². The highest BCUT2D eigenvalue weighted by Crippen LogP contribution is 2.18. The van der Waals surface area contributed by atoms with Gasteiger partial charge in [-0.1, -0.05) is 17.3 Å². The van der Waals surface area contributed by atoms with Crippen LogP contribution in [-0.2, 0) is 20.4 Å². The molecule has 0 spiro atoms. The molecule has 0 unspecified atom stereocenters. The van der Waals surface area contributed by atoms with Crippen molar-refractivity contribution in [2.75, 3.05) is 12.4 Å². The average molecular weight is 338 g/mol. The highest BCUT2D eigenvalue weighted by Gasteiger charge is 2.28. The number of amides is 1. The molecule has 1 atom stereocenters. The van der Waals surface area contributed by atoms with Crippen LogP contribution < -0.4 is 10.1 Å². The molecule has 7 nitrogen and oxygen atoms in total. The Labute approximate surface area is 134 Å². The van der Waals surface area contributed by atoms with Crippen LogP contribution >= 0.6 is 0 Å². The summed E-state index contributed by atoms with van der Waals surface area (Å²) in [5.41, 5.74) is 0.557. The van der Waals surface area contributed by atoms with Crippen molar-refractivity contribution in [1.29, 1.82) is 0 Å². The second-order valence-corrected chi connectivity index (χ2v) is 7.43. The first-order chi connectivity index (χ1) is 10.8. The number of hydrogen-bond donors (Lipinski definition) is 1. The van der Waals surface area contributed by atoms with Gasteiger partial charge in [-0.25, -0.2) is 8.42 Å². The van der Waals surface area contributed by atoms with Gasteiger partial charge < -0.3 is 14.6 Å². The second-order valence-electron chi connectivity index (χ2n) is 5.11. The zero-order valence-electron chi connectivity index (χ0n) is 13.1. The van der Waals surface area contributed by atoms with Crippen molar-refractivity contribution in [1.82, 2.24) is 5.16 Å². The van der Waals surface area contributed by atoms with Gasteiger partial charge in [-0.15, -0.1) is 0 Å². The minimum atomic E-state index is -3.68. The van der Waals surface area contributed by atoms with Crippen molar-refractivity contribution in [3.05, 3.63) is 41.7 Å². The fourth-order valence-corrected chi connectivity index (χ4v) is 3.22. The zero-order valence-corrected chi connectivity index (χ0v) is 13.9. The predicted molar refractivity (Wildman–Crippen MR) is 84.9 cm³/mol. The summed E-state index contributed by atoms with van der Waals surface area (Å²) in [7, 11) is -2.17. The van der Waals surface area contributed by atoms with Crippen molar-refractivity contribution in [2.24, 2.45) is 0 Å². The summed E-state index contributed by atoms with van der Waals surface area (Å²) in [6.07, 6.45) is 0. The molecule has 124 valence electrons. The van der Waals surface area contributed by atoms with E-state index in [1.165, 1.54) is 20.1 Å². The summed E-state index contributed by atoms with van der Waals surface area (Å²) in [6.45, 7) is 3.02. The Bertz CT molecular complexity index is 798. The number of aryl methyl sites for hydroxylation is 1. The molecule has 23 heavy (non-hydrogen) atoms. The van der Waals surface area contributed by atoms with Crippen LogP contribution in [0.5, 0.6) is 5.75 Å². The Morgan fingerprint density at radius 3 is 2.74 bits per heavy atom. The molecule has 2 aromatic rings. The molecule has 0 aliphatic heterocycles. The monoisotopic (exact) mass is 338 g/mol. The first-order valence-corrected chi connectivity index (χ1v) is 8.62. The summed E-state index contributed by atoms with van der Waals surface area (Å²) in [5, 5.41) is 4.82. The largest absolute Gasteiger partial charge is 0.497 e. The van der Waals surface area contributed by atoms with Gasteiger partial charge in [0.2, 0.25) is 5.91 Å². The van der Waals surface area contributed by atoms with Gasteiger partial charge in [0, 0.05) is 6.07 Å². The van der Waals surface area contributed by atoms with Crippen LogP contribution in [0.1, 0.15) is 18.2 Å². The lowest BCUT2D eigenvalue weighted by Crippen LogP contribution is -2.33. The Kier molecular flexibility index (Phi) is 5.05. The van der Waals surface area contributed by atoms with Gasteiger partial charge in [-0.2, -0.15) is 0 Å². The average Bonchev–Trinajstić information content (AvgIpc) is 2.91. The zero-order chi connectivity index (χ0) is 17.0. The maximum absolute atomic E-state index is 12.4. The van der Waals surface area contributed by atoms with Gasteiger partial charge in [-0.3, -0.25) is 4.79 Å². The number of ether oxygens (including phenoxy) is 1. The summed E-state index contributed by atoms with van der Waals surface area (Å²) in [6, 6.07) is 8.24. The molecule has 1 N–H and O–H groups in total. The summed E-state index contributed by atoms with van der Waals surface area (Å²) < 4.78 is 34.7. The van der Waals surface area contributed by atoms with E-state index in [0.29, 0.717) is 17.1 Å². The van der Waals surface area contributed by atoms with Crippen molar-refractivity contribution in [2.45, 2.75) is 24.9 Å². The van der Waals surface area contributed by atoms with Crippen molar-refractivity contribution in [3.8, 4) is 5.75 Å². The quantitative estimate of drug-likeness (QED) is 0.864. The molecule has 1 aromatic carbocycles. The lowest BCUT2D eigenvalue weighted by molar-refractivity contribution is -0.115. The van der Waals surface area contributed by atoms with Crippen molar-refractivity contribution >= 4 is 21.6 Å². The maximum Gasteiger partial charge on any atom is 0.243 e. The van der Waals surface area contributed by atoms with E-state index in [0.717, 1.165) is 0 Å². The van der Waals surface area contributed by atoms with E-state index in [9.17, 15) is 13.2 Å². The predicted octanol–water partition coefficient (Wildman–Crippen LogP) is 1.93. The van der Waals surface area contributed by atoms with Crippen LogP contribution in [0.15, 0.2) is 34.9 Å². The first-order valence-electron chi connectivity index (χ1n) is 6.90. The number of nitrogens with zero attached hydrogens (tertiary/aromatic N) is 1. The van der Waals surface area contributed by atoms with Crippen molar-refractivity contribution < 1.29 is 22.5 Å². The van der Waals surface area contributed by atoms with Crippen LogP contribution in [0.3, 0.4) is 0 Å². The number of methoxy groups -OCH3 is 1.